The van der Waals surface area contributed by atoms with Gasteiger partial charge in [0, 0.05) is 49.2 Å². The number of piperidine rings is 1. The summed E-state index contributed by atoms with van der Waals surface area (Å²) in [4.78, 5) is 6.85. The molecule has 2 aliphatic heterocycles. The van der Waals surface area contributed by atoms with Crippen LogP contribution in [0, 0.1) is 24.1 Å². The average molecular weight is 455 g/mol. The maximum Gasteiger partial charge on any atom is 0.124 e. The molecule has 0 unspecified atom stereocenters. The Balaban J connectivity index is 1.58. The van der Waals surface area contributed by atoms with Crippen molar-refractivity contribution in [2.45, 2.75) is 25.5 Å². The molecule has 2 aromatic carbocycles. The number of ether oxygens (including phenoxy) is 1. The van der Waals surface area contributed by atoms with E-state index in [1.807, 2.05) is 55.7 Å². The Morgan fingerprint density at radius 1 is 1.21 bits per heavy atom. The number of aromatic nitrogens is 1. The van der Waals surface area contributed by atoms with Crippen LogP contribution in [-0.4, -0.2) is 43.4 Å². The van der Waals surface area contributed by atoms with Gasteiger partial charge in [-0.05, 0) is 54.3 Å². The van der Waals surface area contributed by atoms with E-state index in [1.54, 1.807) is 12.1 Å². The van der Waals surface area contributed by atoms with Crippen LogP contribution in [0.1, 0.15) is 28.7 Å². The summed E-state index contributed by atoms with van der Waals surface area (Å²) in [7, 11) is 0. The Kier molecular flexibility index (Phi) is 6.39. The van der Waals surface area contributed by atoms with Crippen molar-refractivity contribution in [3.63, 3.8) is 0 Å². The predicted molar refractivity (Wildman–Crippen MR) is 133 cm³/mol. The van der Waals surface area contributed by atoms with Gasteiger partial charge >= 0.3 is 0 Å². The van der Waals surface area contributed by atoms with E-state index < -0.39 is 0 Å². The first kappa shape index (κ1) is 22.3. The zero-order valence-corrected chi connectivity index (χ0v) is 19.2. The van der Waals surface area contributed by atoms with E-state index >= 15 is 0 Å². The highest BCUT2D eigenvalue weighted by atomic mass is 19.1. The van der Waals surface area contributed by atoms with Crippen LogP contribution >= 0.6 is 0 Å². The van der Waals surface area contributed by atoms with E-state index in [4.69, 9.17) is 4.74 Å². The van der Waals surface area contributed by atoms with Crippen molar-refractivity contribution in [2.75, 3.05) is 31.1 Å². The Labute approximate surface area is 199 Å². The van der Waals surface area contributed by atoms with Gasteiger partial charge in [0.05, 0.1) is 30.0 Å². The number of aryl methyl sites for hydroxylation is 1. The fourth-order valence-electron chi connectivity index (χ4n) is 4.92. The van der Waals surface area contributed by atoms with E-state index in [9.17, 15) is 9.65 Å². The lowest BCUT2D eigenvalue weighted by Crippen LogP contribution is -2.58. The molecule has 1 N–H and O–H groups in total. The predicted octanol–water partition coefficient (Wildman–Crippen LogP) is 4.81. The van der Waals surface area contributed by atoms with E-state index in [0.717, 1.165) is 59.6 Å². The molecule has 0 spiro atoms. The first-order valence-corrected chi connectivity index (χ1v) is 11.6. The van der Waals surface area contributed by atoms with Crippen LogP contribution in [0.5, 0.6) is 0 Å². The molecule has 0 aliphatic carbocycles. The summed E-state index contributed by atoms with van der Waals surface area (Å²) in [5.74, 6) is -0.256. The maximum atomic E-state index is 14.3. The zero-order chi connectivity index (χ0) is 23.5. The van der Waals surface area contributed by atoms with Gasteiger partial charge in [0.1, 0.15) is 5.82 Å². The van der Waals surface area contributed by atoms with Crippen LogP contribution in [0.3, 0.4) is 0 Å². The lowest BCUT2D eigenvalue weighted by Gasteiger charge is -2.43. The summed E-state index contributed by atoms with van der Waals surface area (Å²) < 4.78 is 20.4. The van der Waals surface area contributed by atoms with E-state index in [0.29, 0.717) is 18.2 Å². The van der Waals surface area contributed by atoms with E-state index in [2.05, 4.69) is 21.3 Å². The second-order valence-corrected chi connectivity index (χ2v) is 8.92. The lowest BCUT2D eigenvalue weighted by molar-refractivity contribution is -0.00901. The molecule has 0 amide bonds. The number of anilines is 1. The van der Waals surface area contributed by atoms with Gasteiger partial charge in [-0.1, -0.05) is 30.4 Å². The number of fused-ring (bicyclic) bond motifs is 1. The van der Waals surface area contributed by atoms with Crippen molar-refractivity contribution in [1.29, 1.82) is 5.26 Å². The number of nitrogens with one attached hydrogen (secondary N) is 1. The van der Waals surface area contributed by atoms with Gasteiger partial charge in [0.2, 0.25) is 0 Å². The van der Waals surface area contributed by atoms with Crippen LogP contribution in [0.25, 0.3) is 23.3 Å². The second kappa shape index (κ2) is 9.76. The molecule has 0 bridgehead atoms. The van der Waals surface area contributed by atoms with Crippen LogP contribution in [0.4, 0.5) is 10.1 Å². The van der Waals surface area contributed by atoms with Gasteiger partial charge < -0.3 is 15.0 Å². The standard InChI is InChI=1S/C28H27FN4O/c1-19-11-23(14-24(29)12-19)25-17-31-16-22(6-5-20-3-2-4-21(13-20)15-30)28(25)33-9-7-26-27(18-33)34-10-8-32-26/h2-6,11-14,16-17,26-27,32H,7-10,18H2,1H3/b6-5+/t26-,27-/m1/s1. The minimum atomic E-state index is -0.256. The number of pyridine rings is 1. The molecule has 6 heteroatoms. The lowest BCUT2D eigenvalue weighted by atomic mass is 9.95. The molecule has 5 rings (SSSR count). The van der Waals surface area contributed by atoms with Crippen LogP contribution in [-0.2, 0) is 4.74 Å². The summed E-state index contributed by atoms with van der Waals surface area (Å²) >= 11 is 0. The molecule has 34 heavy (non-hydrogen) atoms. The van der Waals surface area contributed by atoms with Gasteiger partial charge in [-0.25, -0.2) is 4.39 Å². The Bertz CT molecular complexity index is 1250. The molecule has 3 aromatic rings. The van der Waals surface area contributed by atoms with E-state index in [1.165, 1.54) is 6.07 Å². The topological polar surface area (TPSA) is 61.2 Å². The number of halogens is 1. The van der Waals surface area contributed by atoms with Gasteiger partial charge in [0.25, 0.3) is 0 Å². The summed E-state index contributed by atoms with van der Waals surface area (Å²) in [5.41, 5.74) is 6.12. The van der Waals surface area contributed by atoms with Crippen molar-refractivity contribution in [3.05, 3.63) is 82.9 Å². The first-order chi connectivity index (χ1) is 16.6. The Morgan fingerprint density at radius 2 is 2.12 bits per heavy atom. The molecule has 2 aliphatic rings. The fraction of sp³-hybridized carbons (Fsp3) is 0.286. The third-order valence-corrected chi connectivity index (χ3v) is 6.49. The third kappa shape index (κ3) is 4.72. The second-order valence-electron chi connectivity index (χ2n) is 8.92. The summed E-state index contributed by atoms with van der Waals surface area (Å²) in [5, 5.41) is 12.8. The normalized spacial score (nSPS) is 20.2. The third-order valence-electron chi connectivity index (χ3n) is 6.49. The van der Waals surface area contributed by atoms with Crippen molar-refractivity contribution in [2.24, 2.45) is 0 Å². The highest BCUT2D eigenvalue weighted by Gasteiger charge is 2.33. The number of nitriles is 1. The summed E-state index contributed by atoms with van der Waals surface area (Å²) in [6, 6.07) is 15.2. The number of benzene rings is 2. The summed E-state index contributed by atoms with van der Waals surface area (Å²) in [6.07, 6.45) is 8.78. The number of hydrogen-bond acceptors (Lipinski definition) is 5. The van der Waals surface area contributed by atoms with Crippen molar-refractivity contribution >= 4 is 17.8 Å². The van der Waals surface area contributed by atoms with Gasteiger partial charge in [-0.2, -0.15) is 5.26 Å². The molecule has 1 aromatic heterocycles. The smallest absolute Gasteiger partial charge is 0.124 e. The molecule has 3 heterocycles. The summed E-state index contributed by atoms with van der Waals surface area (Å²) in [6.45, 7) is 5.13. The molecule has 0 saturated carbocycles. The van der Waals surface area contributed by atoms with E-state index in [-0.39, 0.29) is 11.9 Å². The maximum absolute atomic E-state index is 14.3. The average Bonchev–Trinajstić information content (AvgIpc) is 2.86. The molecule has 0 radical (unpaired) electrons. The van der Waals surface area contributed by atoms with Gasteiger partial charge in [-0.15, -0.1) is 0 Å². The molecule has 2 fully saturated rings. The molecule has 172 valence electrons. The molecule has 5 nitrogen and oxygen atoms in total. The molecular weight excluding hydrogens is 427 g/mol. The quantitative estimate of drug-likeness (QED) is 0.613. The van der Waals surface area contributed by atoms with Crippen LogP contribution < -0.4 is 10.2 Å². The van der Waals surface area contributed by atoms with Crippen LogP contribution in [0.2, 0.25) is 0 Å². The SMILES string of the molecule is Cc1cc(F)cc(-c2cncc(/C=C/c3cccc(C#N)c3)c2N2CC[C@H]3NCCO[C@@H]3C2)c1. The van der Waals surface area contributed by atoms with Crippen molar-refractivity contribution in [1.82, 2.24) is 10.3 Å². The minimum absolute atomic E-state index is 0.113. The Morgan fingerprint density at radius 3 is 2.97 bits per heavy atom. The molecular formula is C28H27FN4O. The number of morpholine rings is 1. The zero-order valence-electron chi connectivity index (χ0n) is 19.2. The van der Waals surface area contributed by atoms with Crippen molar-refractivity contribution in [3.8, 4) is 17.2 Å². The first-order valence-electron chi connectivity index (χ1n) is 11.6. The Hall–Kier alpha value is -3.53. The number of hydrogen-bond donors (Lipinski definition) is 1. The van der Waals surface area contributed by atoms with Crippen LogP contribution in [0.15, 0.2) is 54.9 Å². The monoisotopic (exact) mass is 454 g/mol. The molecule has 2 saturated heterocycles. The van der Waals surface area contributed by atoms with Crippen molar-refractivity contribution < 1.29 is 9.13 Å². The van der Waals surface area contributed by atoms with Gasteiger partial charge in [0.15, 0.2) is 0 Å². The highest BCUT2D eigenvalue weighted by molar-refractivity contribution is 5.87. The largest absolute Gasteiger partial charge is 0.373 e. The minimum Gasteiger partial charge on any atom is -0.373 e. The number of rotatable bonds is 4. The fourth-order valence-corrected chi connectivity index (χ4v) is 4.92. The highest BCUT2D eigenvalue weighted by Crippen LogP contribution is 2.37. The van der Waals surface area contributed by atoms with Gasteiger partial charge in [-0.3, -0.25) is 4.98 Å². The number of nitrogens with zero attached hydrogens (tertiary/aromatic N) is 3. The molecule has 2 atom stereocenters.